The minimum absolute atomic E-state index is 0.135. The molecule has 0 spiro atoms. The Kier molecular flexibility index (Phi) is 7.45. The third-order valence-corrected chi connectivity index (χ3v) is 4.56. The van der Waals surface area contributed by atoms with E-state index >= 15 is 0 Å². The first-order valence-corrected chi connectivity index (χ1v) is 9.17. The number of halogens is 1. The summed E-state index contributed by atoms with van der Waals surface area (Å²) < 4.78 is 10.9. The Bertz CT molecular complexity index is 862. The molecule has 2 aromatic carbocycles. The maximum Gasteiger partial charge on any atom is 0.314 e. The standard InChI is InChI=1S/C22H22ClNO3/c1-4-16(5-2)22(25)27-20-11-6-15(13-21(20)26-3)12-18(14-24)17-7-9-19(23)10-8-17/h6-13,16H,4-5H2,1-3H3/b18-12-. The molecule has 4 nitrogen and oxygen atoms in total. The molecular weight excluding hydrogens is 362 g/mol. The Hall–Kier alpha value is -2.77. The van der Waals surface area contributed by atoms with Crippen molar-refractivity contribution in [3.05, 3.63) is 58.6 Å². The fourth-order valence-corrected chi connectivity index (χ4v) is 2.77. The zero-order valence-electron chi connectivity index (χ0n) is 15.7. The van der Waals surface area contributed by atoms with Crippen LogP contribution in [0.2, 0.25) is 5.02 Å². The Morgan fingerprint density at radius 2 is 1.81 bits per heavy atom. The molecule has 2 rings (SSSR count). The number of hydrogen-bond donors (Lipinski definition) is 0. The minimum atomic E-state index is -0.263. The van der Waals surface area contributed by atoms with Crippen molar-refractivity contribution in [2.45, 2.75) is 26.7 Å². The van der Waals surface area contributed by atoms with Crippen LogP contribution in [0, 0.1) is 17.2 Å². The molecule has 0 N–H and O–H groups in total. The molecule has 5 heteroatoms. The topological polar surface area (TPSA) is 59.3 Å². The summed E-state index contributed by atoms with van der Waals surface area (Å²) in [6.07, 6.45) is 3.20. The van der Waals surface area contributed by atoms with Crippen LogP contribution in [0.25, 0.3) is 11.6 Å². The molecule has 140 valence electrons. The summed E-state index contributed by atoms with van der Waals surface area (Å²) in [5, 5.41) is 10.1. The van der Waals surface area contributed by atoms with E-state index < -0.39 is 0 Å². The van der Waals surface area contributed by atoms with Crippen molar-refractivity contribution in [1.29, 1.82) is 5.26 Å². The van der Waals surface area contributed by atoms with Gasteiger partial charge in [0.15, 0.2) is 11.5 Å². The highest BCUT2D eigenvalue weighted by Gasteiger charge is 2.18. The predicted molar refractivity (Wildman–Crippen MR) is 108 cm³/mol. The van der Waals surface area contributed by atoms with E-state index in [-0.39, 0.29) is 11.9 Å². The van der Waals surface area contributed by atoms with E-state index in [1.54, 1.807) is 48.5 Å². The zero-order chi connectivity index (χ0) is 19.8. The number of benzene rings is 2. The van der Waals surface area contributed by atoms with Crippen LogP contribution in [0.3, 0.4) is 0 Å². The molecule has 0 aliphatic rings. The summed E-state index contributed by atoms with van der Waals surface area (Å²) in [7, 11) is 1.52. The fourth-order valence-electron chi connectivity index (χ4n) is 2.65. The predicted octanol–water partition coefficient (Wildman–Crippen LogP) is 5.75. The second-order valence-corrected chi connectivity index (χ2v) is 6.46. The van der Waals surface area contributed by atoms with Gasteiger partial charge < -0.3 is 9.47 Å². The molecular formula is C22H22ClNO3. The number of hydrogen-bond acceptors (Lipinski definition) is 4. The minimum Gasteiger partial charge on any atom is -0.493 e. The lowest BCUT2D eigenvalue weighted by atomic mass is 10.0. The van der Waals surface area contributed by atoms with E-state index in [1.165, 1.54) is 7.11 Å². The first-order valence-electron chi connectivity index (χ1n) is 8.79. The Labute approximate surface area is 165 Å². The van der Waals surface area contributed by atoms with Crippen LogP contribution in [-0.2, 0) is 4.79 Å². The fraction of sp³-hybridized carbons (Fsp3) is 0.273. The highest BCUT2D eigenvalue weighted by molar-refractivity contribution is 6.30. The van der Waals surface area contributed by atoms with Crippen LogP contribution in [0.1, 0.15) is 37.8 Å². The zero-order valence-corrected chi connectivity index (χ0v) is 16.4. The van der Waals surface area contributed by atoms with Gasteiger partial charge in [0, 0.05) is 5.02 Å². The lowest BCUT2D eigenvalue weighted by molar-refractivity contribution is -0.139. The van der Waals surface area contributed by atoms with Crippen molar-refractivity contribution in [2.75, 3.05) is 7.11 Å². The first-order chi connectivity index (χ1) is 13.0. The molecule has 0 saturated heterocycles. The molecule has 0 bridgehead atoms. The molecule has 0 amide bonds. The molecule has 0 radical (unpaired) electrons. The van der Waals surface area contributed by atoms with Crippen LogP contribution in [0.4, 0.5) is 0 Å². The van der Waals surface area contributed by atoms with E-state index in [9.17, 15) is 10.1 Å². The number of methoxy groups -OCH3 is 1. The van der Waals surface area contributed by atoms with Crippen LogP contribution in [-0.4, -0.2) is 13.1 Å². The number of ether oxygens (including phenoxy) is 2. The lowest BCUT2D eigenvalue weighted by Gasteiger charge is -2.14. The van der Waals surface area contributed by atoms with Gasteiger partial charge in [-0.1, -0.05) is 43.6 Å². The van der Waals surface area contributed by atoms with Crippen molar-refractivity contribution >= 4 is 29.2 Å². The molecule has 0 saturated carbocycles. The van der Waals surface area contributed by atoms with Gasteiger partial charge in [-0.25, -0.2) is 0 Å². The van der Waals surface area contributed by atoms with Crippen molar-refractivity contribution in [3.63, 3.8) is 0 Å². The second-order valence-electron chi connectivity index (χ2n) is 6.02. The highest BCUT2D eigenvalue weighted by atomic mass is 35.5. The van der Waals surface area contributed by atoms with Gasteiger partial charge in [-0.2, -0.15) is 5.26 Å². The summed E-state index contributed by atoms with van der Waals surface area (Å²) in [5.74, 6) is 0.415. The van der Waals surface area contributed by atoms with Gasteiger partial charge in [-0.15, -0.1) is 0 Å². The van der Waals surface area contributed by atoms with Crippen molar-refractivity contribution < 1.29 is 14.3 Å². The van der Waals surface area contributed by atoms with Crippen LogP contribution < -0.4 is 9.47 Å². The quantitative estimate of drug-likeness (QED) is 0.264. The first kappa shape index (κ1) is 20.5. The molecule has 0 aliphatic heterocycles. The number of nitrogens with zero attached hydrogens (tertiary/aromatic N) is 1. The third-order valence-electron chi connectivity index (χ3n) is 4.30. The summed E-state index contributed by atoms with van der Waals surface area (Å²) in [6, 6.07) is 14.5. The largest absolute Gasteiger partial charge is 0.493 e. The SMILES string of the molecule is CCC(CC)C(=O)Oc1ccc(/C=C(/C#N)c2ccc(Cl)cc2)cc1OC. The van der Waals surface area contributed by atoms with Gasteiger partial charge in [0.1, 0.15) is 0 Å². The number of nitriles is 1. The van der Waals surface area contributed by atoms with Gasteiger partial charge in [0.2, 0.25) is 0 Å². The summed E-state index contributed by atoms with van der Waals surface area (Å²) in [5.41, 5.74) is 2.03. The second kappa shape index (κ2) is 9.80. The number of carbonyl (C=O) groups excluding carboxylic acids is 1. The van der Waals surface area contributed by atoms with Gasteiger partial charge in [-0.05, 0) is 54.3 Å². The highest BCUT2D eigenvalue weighted by Crippen LogP contribution is 2.31. The van der Waals surface area contributed by atoms with Crippen molar-refractivity contribution in [2.24, 2.45) is 5.92 Å². The van der Waals surface area contributed by atoms with Gasteiger partial charge in [0.05, 0.1) is 24.7 Å². The number of rotatable bonds is 7. The monoisotopic (exact) mass is 383 g/mol. The summed E-state index contributed by atoms with van der Waals surface area (Å²) >= 11 is 5.90. The lowest BCUT2D eigenvalue weighted by Crippen LogP contribution is -2.19. The maximum atomic E-state index is 12.2. The molecule has 0 aliphatic carbocycles. The Morgan fingerprint density at radius 1 is 1.15 bits per heavy atom. The average molecular weight is 384 g/mol. The van der Waals surface area contributed by atoms with Gasteiger partial charge >= 0.3 is 5.97 Å². The van der Waals surface area contributed by atoms with Crippen molar-refractivity contribution in [3.8, 4) is 17.6 Å². The number of esters is 1. The normalized spacial score (nSPS) is 11.2. The molecule has 0 aromatic heterocycles. The molecule has 0 atom stereocenters. The van der Waals surface area contributed by atoms with Crippen LogP contribution >= 0.6 is 11.6 Å². The van der Waals surface area contributed by atoms with Gasteiger partial charge in [-0.3, -0.25) is 4.79 Å². The molecule has 27 heavy (non-hydrogen) atoms. The number of allylic oxidation sites excluding steroid dienone is 1. The maximum absolute atomic E-state index is 12.2. The van der Waals surface area contributed by atoms with E-state index in [0.29, 0.717) is 22.1 Å². The third kappa shape index (κ3) is 5.35. The Morgan fingerprint density at radius 3 is 2.37 bits per heavy atom. The van der Waals surface area contributed by atoms with Gasteiger partial charge in [0.25, 0.3) is 0 Å². The molecule has 2 aromatic rings. The summed E-state index contributed by atoms with van der Waals surface area (Å²) in [4.78, 5) is 12.2. The van der Waals surface area contributed by atoms with E-state index in [0.717, 1.165) is 24.0 Å². The Balaban J connectivity index is 2.30. The van der Waals surface area contributed by atoms with E-state index in [1.807, 2.05) is 13.8 Å². The summed E-state index contributed by atoms with van der Waals surface area (Å²) in [6.45, 7) is 3.92. The van der Waals surface area contributed by atoms with E-state index in [4.69, 9.17) is 21.1 Å². The molecule has 0 unspecified atom stereocenters. The van der Waals surface area contributed by atoms with Crippen LogP contribution in [0.5, 0.6) is 11.5 Å². The average Bonchev–Trinajstić information content (AvgIpc) is 2.68. The molecule has 0 fully saturated rings. The van der Waals surface area contributed by atoms with Crippen molar-refractivity contribution in [1.82, 2.24) is 0 Å². The van der Waals surface area contributed by atoms with Crippen LogP contribution in [0.15, 0.2) is 42.5 Å². The molecule has 0 heterocycles. The number of carbonyl (C=O) groups is 1. The smallest absolute Gasteiger partial charge is 0.314 e. The van der Waals surface area contributed by atoms with E-state index in [2.05, 4.69) is 6.07 Å².